The lowest BCUT2D eigenvalue weighted by molar-refractivity contribution is 0.0290. The van der Waals surface area contributed by atoms with Crippen LogP contribution in [0.2, 0.25) is 0 Å². The van der Waals surface area contributed by atoms with Crippen LogP contribution in [0.5, 0.6) is 0 Å². The van der Waals surface area contributed by atoms with E-state index in [-0.39, 0.29) is 12.0 Å². The van der Waals surface area contributed by atoms with E-state index in [0.29, 0.717) is 18.3 Å². The Hall–Kier alpha value is -1.72. The zero-order chi connectivity index (χ0) is 14.8. The van der Waals surface area contributed by atoms with Gasteiger partial charge in [0.1, 0.15) is 0 Å². The molecule has 2 aromatic rings. The molecule has 0 bridgehead atoms. The van der Waals surface area contributed by atoms with Crippen LogP contribution in [-0.2, 0) is 6.54 Å². The minimum absolute atomic E-state index is 0.188. The molecule has 2 unspecified atom stereocenters. The smallest absolute Gasteiger partial charge is 0.247 e. The summed E-state index contributed by atoms with van der Waals surface area (Å²) in [5, 5.41) is 18.0. The quantitative estimate of drug-likeness (QED) is 0.938. The van der Waals surface area contributed by atoms with Crippen LogP contribution in [-0.4, -0.2) is 39.4 Å². The van der Waals surface area contributed by atoms with Gasteiger partial charge in [-0.15, -0.1) is 10.2 Å². The molecule has 0 amide bonds. The van der Waals surface area contributed by atoms with E-state index in [1.165, 1.54) is 5.56 Å². The second-order valence-electron chi connectivity index (χ2n) is 5.94. The summed E-state index contributed by atoms with van der Waals surface area (Å²) in [5.74, 6) is 1.49. The molecule has 1 N–H and O–H groups in total. The second-order valence-corrected chi connectivity index (χ2v) is 5.94. The number of rotatable bonds is 3. The second kappa shape index (κ2) is 5.95. The highest BCUT2D eigenvalue weighted by molar-refractivity contribution is 5.53. The third kappa shape index (κ3) is 3.31. The molecule has 1 fully saturated rings. The van der Waals surface area contributed by atoms with Gasteiger partial charge in [0, 0.05) is 18.7 Å². The lowest BCUT2D eigenvalue weighted by atomic mass is 9.97. The van der Waals surface area contributed by atoms with Crippen molar-refractivity contribution in [1.82, 2.24) is 15.1 Å². The summed E-state index contributed by atoms with van der Waals surface area (Å²) in [5.41, 5.74) is 2.13. The first-order valence-corrected chi connectivity index (χ1v) is 7.41. The summed E-state index contributed by atoms with van der Waals surface area (Å²) in [6.07, 6.45) is 0.617. The fourth-order valence-corrected chi connectivity index (χ4v) is 2.77. The average Bonchev–Trinajstić information content (AvgIpc) is 2.91. The third-order valence-electron chi connectivity index (χ3n) is 4.03. The Labute approximate surface area is 124 Å². The number of aliphatic hydroxyl groups is 1. The number of likely N-dealkylation sites (tertiary alicyclic amines) is 1. The van der Waals surface area contributed by atoms with E-state index in [9.17, 15) is 5.11 Å². The average molecular weight is 287 g/mol. The number of aliphatic hydroxyl groups excluding tert-OH is 1. The summed E-state index contributed by atoms with van der Waals surface area (Å²) < 4.78 is 5.76. The minimum Gasteiger partial charge on any atom is -0.419 e. The number of nitrogens with zero attached hydrogens (tertiary/aromatic N) is 3. The number of aryl methyl sites for hydroxylation is 1. The van der Waals surface area contributed by atoms with Gasteiger partial charge < -0.3 is 9.52 Å². The van der Waals surface area contributed by atoms with Gasteiger partial charge in [-0.3, -0.25) is 4.90 Å². The van der Waals surface area contributed by atoms with E-state index in [1.54, 1.807) is 0 Å². The van der Waals surface area contributed by atoms with Gasteiger partial charge in [0.25, 0.3) is 0 Å². The predicted molar refractivity (Wildman–Crippen MR) is 79.5 cm³/mol. The van der Waals surface area contributed by atoms with Crippen LogP contribution in [0.25, 0.3) is 11.5 Å². The molecule has 1 aromatic carbocycles. The highest BCUT2D eigenvalue weighted by Crippen LogP contribution is 2.21. The first-order chi connectivity index (χ1) is 10.1. The predicted octanol–water partition coefficient (Wildman–Crippen LogP) is 2.25. The van der Waals surface area contributed by atoms with Crippen molar-refractivity contribution < 1.29 is 9.52 Å². The number of hydrogen-bond donors (Lipinski definition) is 1. The van der Waals surface area contributed by atoms with Crippen LogP contribution in [0.3, 0.4) is 0 Å². The molecule has 0 aliphatic carbocycles. The Morgan fingerprint density at radius 2 is 2.24 bits per heavy atom. The monoisotopic (exact) mass is 287 g/mol. The molecule has 1 aromatic heterocycles. The molecule has 112 valence electrons. The van der Waals surface area contributed by atoms with E-state index < -0.39 is 0 Å². The Bertz CT molecular complexity index is 611. The van der Waals surface area contributed by atoms with Crippen molar-refractivity contribution in [2.75, 3.05) is 13.1 Å². The van der Waals surface area contributed by atoms with Gasteiger partial charge in [-0.2, -0.15) is 0 Å². The maximum atomic E-state index is 9.76. The Balaban J connectivity index is 1.68. The van der Waals surface area contributed by atoms with Crippen LogP contribution < -0.4 is 0 Å². The molecular formula is C16H21N3O2. The zero-order valence-corrected chi connectivity index (χ0v) is 12.5. The van der Waals surface area contributed by atoms with E-state index in [1.807, 2.05) is 31.2 Å². The van der Waals surface area contributed by atoms with Gasteiger partial charge in [0.05, 0.1) is 12.6 Å². The fourth-order valence-electron chi connectivity index (χ4n) is 2.77. The minimum atomic E-state index is -0.188. The number of piperidine rings is 1. The van der Waals surface area contributed by atoms with E-state index >= 15 is 0 Å². The van der Waals surface area contributed by atoms with E-state index in [2.05, 4.69) is 22.0 Å². The standard InChI is InChI=1S/C16H21N3O2/c1-11-4-3-5-13(8-11)16-18-17-15(21-16)10-19-7-6-14(20)12(2)9-19/h3-5,8,12,14,20H,6-7,9-10H2,1-2H3. The molecule has 3 rings (SSSR count). The fraction of sp³-hybridized carbons (Fsp3) is 0.500. The van der Waals surface area contributed by atoms with Crippen LogP contribution in [0.1, 0.15) is 24.8 Å². The molecule has 5 heteroatoms. The van der Waals surface area contributed by atoms with Crippen molar-refractivity contribution in [1.29, 1.82) is 0 Å². The van der Waals surface area contributed by atoms with Crippen molar-refractivity contribution in [3.05, 3.63) is 35.7 Å². The molecule has 1 saturated heterocycles. The molecule has 0 radical (unpaired) electrons. The molecule has 0 saturated carbocycles. The first-order valence-electron chi connectivity index (χ1n) is 7.41. The van der Waals surface area contributed by atoms with Gasteiger partial charge >= 0.3 is 0 Å². The summed E-state index contributed by atoms with van der Waals surface area (Å²) >= 11 is 0. The summed E-state index contributed by atoms with van der Waals surface area (Å²) in [4.78, 5) is 2.25. The van der Waals surface area contributed by atoms with Crippen LogP contribution >= 0.6 is 0 Å². The summed E-state index contributed by atoms with van der Waals surface area (Å²) in [7, 11) is 0. The summed E-state index contributed by atoms with van der Waals surface area (Å²) in [6, 6.07) is 8.05. The number of aromatic nitrogens is 2. The molecule has 2 atom stereocenters. The Morgan fingerprint density at radius 3 is 3.00 bits per heavy atom. The van der Waals surface area contributed by atoms with Crippen molar-refractivity contribution in [2.24, 2.45) is 5.92 Å². The SMILES string of the molecule is Cc1cccc(-c2nnc(CN3CCC(O)C(C)C3)o2)c1. The highest BCUT2D eigenvalue weighted by atomic mass is 16.4. The van der Waals surface area contributed by atoms with Gasteiger partial charge in [0.2, 0.25) is 11.8 Å². The molecule has 1 aliphatic heterocycles. The van der Waals surface area contributed by atoms with Crippen molar-refractivity contribution in [3.8, 4) is 11.5 Å². The molecule has 5 nitrogen and oxygen atoms in total. The maximum absolute atomic E-state index is 9.76. The topological polar surface area (TPSA) is 62.4 Å². The molecule has 2 heterocycles. The normalized spacial score (nSPS) is 23.4. The van der Waals surface area contributed by atoms with Gasteiger partial charge in [-0.25, -0.2) is 0 Å². The van der Waals surface area contributed by atoms with Gasteiger partial charge in [-0.05, 0) is 31.4 Å². The Kier molecular flexibility index (Phi) is 4.03. The lowest BCUT2D eigenvalue weighted by Crippen LogP contribution is -2.41. The van der Waals surface area contributed by atoms with Crippen molar-refractivity contribution in [2.45, 2.75) is 32.9 Å². The van der Waals surface area contributed by atoms with Crippen LogP contribution in [0.15, 0.2) is 28.7 Å². The van der Waals surface area contributed by atoms with Crippen LogP contribution in [0.4, 0.5) is 0 Å². The number of hydrogen-bond acceptors (Lipinski definition) is 5. The molecular weight excluding hydrogens is 266 g/mol. The van der Waals surface area contributed by atoms with E-state index in [0.717, 1.165) is 25.1 Å². The van der Waals surface area contributed by atoms with Crippen molar-refractivity contribution in [3.63, 3.8) is 0 Å². The maximum Gasteiger partial charge on any atom is 0.247 e. The lowest BCUT2D eigenvalue weighted by Gasteiger charge is -2.33. The summed E-state index contributed by atoms with van der Waals surface area (Å²) in [6.45, 7) is 6.50. The molecule has 1 aliphatic rings. The molecule has 21 heavy (non-hydrogen) atoms. The van der Waals surface area contributed by atoms with Crippen LogP contribution in [0, 0.1) is 12.8 Å². The number of benzene rings is 1. The highest BCUT2D eigenvalue weighted by Gasteiger charge is 2.25. The zero-order valence-electron chi connectivity index (χ0n) is 12.5. The molecule has 0 spiro atoms. The Morgan fingerprint density at radius 1 is 1.38 bits per heavy atom. The van der Waals surface area contributed by atoms with Crippen molar-refractivity contribution >= 4 is 0 Å². The largest absolute Gasteiger partial charge is 0.419 e. The van der Waals surface area contributed by atoms with Gasteiger partial charge in [-0.1, -0.05) is 24.6 Å². The third-order valence-corrected chi connectivity index (χ3v) is 4.03. The van der Waals surface area contributed by atoms with Gasteiger partial charge in [0.15, 0.2) is 0 Å². The van der Waals surface area contributed by atoms with E-state index in [4.69, 9.17) is 4.42 Å². The first kappa shape index (κ1) is 14.2.